The van der Waals surface area contributed by atoms with Gasteiger partial charge in [-0.3, -0.25) is 9.69 Å². The Kier molecular flexibility index (Phi) is 4.70. The number of rotatable bonds is 5. The van der Waals surface area contributed by atoms with Gasteiger partial charge in [0.05, 0.1) is 6.10 Å². The van der Waals surface area contributed by atoms with Crippen molar-refractivity contribution < 1.29 is 9.90 Å². The number of carbonyl (C=O) groups is 1. The topological polar surface area (TPSA) is 69.8 Å². The van der Waals surface area contributed by atoms with Gasteiger partial charge >= 0.3 is 0 Å². The highest BCUT2D eigenvalue weighted by Gasteiger charge is 2.32. The third-order valence-corrected chi connectivity index (χ3v) is 3.08. The summed E-state index contributed by atoms with van der Waals surface area (Å²) in [6.07, 6.45) is 0.508. The van der Waals surface area contributed by atoms with Crippen LogP contribution in [0.5, 0.6) is 0 Å². The van der Waals surface area contributed by atoms with E-state index in [1.807, 2.05) is 21.0 Å². The summed E-state index contributed by atoms with van der Waals surface area (Å²) >= 11 is 0. The van der Waals surface area contributed by atoms with Crippen LogP contribution in [0.2, 0.25) is 0 Å². The number of primary amides is 1. The van der Waals surface area contributed by atoms with Crippen molar-refractivity contribution in [3.63, 3.8) is 0 Å². The number of nitrogens with zero attached hydrogens (tertiary/aromatic N) is 2. The quantitative estimate of drug-likeness (QED) is 0.641. The van der Waals surface area contributed by atoms with Crippen LogP contribution < -0.4 is 5.73 Å². The predicted molar refractivity (Wildman–Crippen MR) is 62.9 cm³/mol. The van der Waals surface area contributed by atoms with Crippen molar-refractivity contribution in [3.8, 4) is 0 Å². The van der Waals surface area contributed by atoms with Crippen molar-refractivity contribution >= 4 is 5.91 Å². The number of aliphatic hydroxyl groups is 1. The molecular formula is C11H23N3O2. The van der Waals surface area contributed by atoms with Crippen LogP contribution in [0.15, 0.2) is 0 Å². The summed E-state index contributed by atoms with van der Waals surface area (Å²) in [5.41, 5.74) is 5.26. The first kappa shape index (κ1) is 13.4. The molecule has 0 radical (unpaired) electrons. The third-order valence-electron chi connectivity index (χ3n) is 3.08. The second-order valence-corrected chi connectivity index (χ2v) is 5.06. The van der Waals surface area contributed by atoms with Gasteiger partial charge in [-0.15, -0.1) is 0 Å². The van der Waals surface area contributed by atoms with Crippen LogP contribution in [0.25, 0.3) is 0 Å². The molecule has 16 heavy (non-hydrogen) atoms. The van der Waals surface area contributed by atoms with Crippen molar-refractivity contribution in [3.05, 3.63) is 0 Å². The highest BCUT2D eigenvalue weighted by atomic mass is 16.3. The summed E-state index contributed by atoms with van der Waals surface area (Å²) in [4.78, 5) is 15.3. The van der Waals surface area contributed by atoms with Gasteiger partial charge in [-0.1, -0.05) is 6.92 Å². The Bertz CT molecular complexity index is 245. The van der Waals surface area contributed by atoms with Gasteiger partial charge in [0.15, 0.2) is 0 Å². The molecule has 94 valence electrons. The molecule has 0 bridgehead atoms. The number of aliphatic hydroxyl groups excluding tert-OH is 1. The molecule has 0 aromatic rings. The lowest BCUT2D eigenvalue weighted by atomic mass is 10.1. The number of carbonyl (C=O) groups excluding carboxylic acids is 1. The van der Waals surface area contributed by atoms with Crippen LogP contribution in [0.4, 0.5) is 0 Å². The first-order valence-electron chi connectivity index (χ1n) is 5.76. The van der Waals surface area contributed by atoms with Crippen molar-refractivity contribution in [1.29, 1.82) is 0 Å². The summed E-state index contributed by atoms with van der Waals surface area (Å²) in [5.74, 6) is -0.431. The first-order valence-corrected chi connectivity index (χ1v) is 5.76. The van der Waals surface area contributed by atoms with E-state index in [1.165, 1.54) is 0 Å². The van der Waals surface area contributed by atoms with Crippen molar-refractivity contribution in [2.24, 2.45) is 11.7 Å². The van der Waals surface area contributed by atoms with Crippen LogP contribution in [-0.2, 0) is 4.79 Å². The number of β-amino-alcohol motifs (C(OH)–C–C–N with tert-alkyl or cyclic N) is 1. The predicted octanol–water partition coefficient (Wildman–Crippen LogP) is -0.895. The van der Waals surface area contributed by atoms with Gasteiger partial charge in [-0.25, -0.2) is 0 Å². The van der Waals surface area contributed by atoms with E-state index in [0.29, 0.717) is 19.1 Å². The van der Waals surface area contributed by atoms with E-state index in [4.69, 9.17) is 5.73 Å². The minimum atomic E-state index is -0.273. The smallest absolute Gasteiger partial charge is 0.221 e. The lowest BCUT2D eigenvalue weighted by molar-refractivity contribution is -0.121. The minimum Gasteiger partial charge on any atom is -0.392 e. The Balaban J connectivity index is 2.52. The summed E-state index contributed by atoms with van der Waals surface area (Å²) in [6.45, 7) is 4.03. The van der Waals surface area contributed by atoms with Crippen LogP contribution in [-0.4, -0.2) is 66.7 Å². The lowest BCUT2D eigenvalue weighted by Crippen LogP contribution is -2.42. The Morgan fingerprint density at radius 1 is 1.62 bits per heavy atom. The van der Waals surface area contributed by atoms with Gasteiger partial charge in [0.25, 0.3) is 0 Å². The number of hydrogen-bond donors (Lipinski definition) is 2. The van der Waals surface area contributed by atoms with Crippen molar-refractivity contribution in [2.75, 3.05) is 33.7 Å². The average Bonchev–Trinajstić information content (AvgIpc) is 2.45. The molecule has 0 spiro atoms. The molecular weight excluding hydrogens is 206 g/mol. The summed E-state index contributed by atoms with van der Waals surface area (Å²) in [7, 11) is 4.03. The number of nitrogens with two attached hydrogens (primary N) is 1. The van der Waals surface area contributed by atoms with Crippen LogP contribution in [0.3, 0.4) is 0 Å². The molecule has 1 saturated heterocycles. The maximum Gasteiger partial charge on any atom is 0.221 e. The normalized spacial score (nSPS) is 28.6. The Hall–Kier alpha value is -0.650. The molecule has 1 amide bonds. The second-order valence-electron chi connectivity index (χ2n) is 5.06. The van der Waals surface area contributed by atoms with Gasteiger partial charge in [0.1, 0.15) is 0 Å². The molecule has 0 aromatic carbocycles. The Morgan fingerprint density at radius 3 is 2.75 bits per heavy atom. The van der Waals surface area contributed by atoms with Gasteiger partial charge in [-0.05, 0) is 20.5 Å². The Labute approximate surface area is 97.2 Å². The molecule has 1 aliphatic heterocycles. The number of likely N-dealkylation sites (N-methyl/N-ethyl adjacent to an activating group) is 1. The van der Waals surface area contributed by atoms with Crippen LogP contribution >= 0.6 is 0 Å². The monoisotopic (exact) mass is 229 g/mol. The summed E-state index contributed by atoms with van der Waals surface area (Å²) in [6, 6.07) is 0.326. The molecule has 5 heteroatoms. The molecule has 1 fully saturated rings. The van der Waals surface area contributed by atoms with E-state index in [1.54, 1.807) is 0 Å². The molecule has 1 rings (SSSR count). The fourth-order valence-electron chi connectivity index (χ4n) is 2.23. The molecule has 1 aliphatic rings. The number of hydrogen-bond acceptors (Lipinski definition) is 4. The van der Waals surface area contributed by atoms with Crippen molar-refractivity contribution in [2.45, 2.75) is 25.5 Å². The van der Waals surface area contributed by atoms with Gasteiger partial charge in [0, 0.05) is 31.6 Å². The maximum absolute atomic E-state index is 11.0. The van der Waals surface area contributed by atoms with Crippen LogP contribution in [0, 0.1) is 5.92 Å². The van der Waals surface area contributed by atoms with Gasteiger partial charge < -0.3 is 15.7 Å². The lowest BCUT2D eigenvalue weighted by Gasteiger charge is -2.28. The zero-order valence-corrected chi connectivity index (χ0v) is 10.4. The van der Waals surface area contributed by atoms with E-state index in [9.17, 15) is 9.90 Å². The SMILES string of the molecule is CC(CN1CC(O)CC1CN(C)C)C(N)=O. The van der Waals surface area contributed by atoms with Gasteiger partial charge in [-0.2, -0.15) is 0 Å². The maximum atomic E-state index is 11.0. The van der Waals surface area contributed by atoms with Crippen molar-refractivity contribution in [1.82, 2.24) is 9.80 Å². The molecule has 3 atom stereocenters. The minimum absolute atomic E-state index is 0.157. The summed E-state index contributed by atoms with van der Waals surface area (Å²) in [5, 5.41) is 9.66. The van der Waals surface area contributed by atoms with E-state index >= 15 is 0 Å². The molecule has 3 N–H and O–H groups in total. The van der Waals surface area contributed by atoms with E-state index in [0.717, 1.165) is 13.0 Å². The molecule has 0 aliphatic carbocycles. The standard InChI is InChI=1S/C11H23N3O2/c1-8(11(12)16)5-14-7-10(15)4-9(14)6-13(2)3/h8-10,15H,4-7H2,1-3H3,(H2,12,16). The largest absolute Gasteiger partial charge is 0.392 e. The fraction of sp³-hybridized carbons (Fsp3) is 0.909. The molecule has 5 nitrogen and oxygen atoms in total. The number of amides is 1. The Morgan fingerprint density at radius 2 is 2.25 bits per heavy atom. The highest BCUT2D eigenvalue weighted by molar-refractivity contribution is 5.76. The highest BCUT2D eigenvalue weighted by Crippen LogP contribution is 2.19. The average molecular weight is 229 g/mol. The number of likely N-dealkylation sites (tertiary alicyclic amines) is 1. The van der Waals surface area contributed by atoms with E-state index in [-0.39, 0.29) is 17.9 Å². The molecule has 0 aromatic heterocycles. The molecule has 0 saturated carbocycles. The van der Waals surface area contributed by atoms with E-state index in [2.05, 4.69) is 9.80 Å². The van der Waals surface area contributed by atoms with Gasteiger partial charge in [0.2, 0.25) is 5.91 Å². The fourth-order valence-corrected chi connectivity index (χ4v) is 2.23. The molecule has 3 unspecified atom stereocenters. The zero-order chi connectivity index (χ0) is 12.3. The third kappa shape index (κ3) is 3.73. The zero-order valence-electron chi connectivity index (χ0n) is 10.4. The second kappa shape index (κ2) is 5.61. The molecule has 1 heterocycles. The first-order chi connectivity index (χ1) is 7.40. The van der Waals surface area contributed by atoms with Crippen LogP contribution in [0.1, 0.15) is 13.3 Å². The van der Waals surface area contributed by atoms with E-state index < -0.39 is 0 Å². The summed E-state index contributed by atoms with van der Waals surface area (Å²) < 4.78 is 0.